The van der Waals surface area contributed by atoms with E-state index < -0.39 is 0 Å². The van der Waals surface area contributed by atoms with Crippen molar-refractivity contribution >= 4 is 17.2 Å². The number of hydrogen-bond donors (Lipinski definition) is 1. The molecule has 3 heterocycles. The molecule has 2 aromatic rings. The molecule has 1 amide bonds. The summed E-state index contributed by atoms with van der Waals surface area (Å²) in [6, 6.07) is 0. The largest absolute Gasteiger partial charge is 0.379 e. The Morgan fingerprint density at radius 2 is 2.17 bits per heavy atom. The fourth-order valence-corrected chi connectivity index (χ4v) is 3.78. The highest BCUT2D eigenvalue weighted by molar-refractivity contribution is 7.15. The molecule has 0 spiro atoms. The van der Waals surface area contributed by atoms with Gasteiger partial charge in [-0.25, -0.2) is 0 Å². The molecule has 8 nitrogen and oxygen atoms in total. The van der Waals surface area contributed by atoms with E-state index >= 15 is 0 Å². The van der Waals surface area contributed by atoms with Crippen molar-refractivity contribution < 1.29 is 9.53 Å². The van der Waals surface area contributed by atoms with Crippen LogP contribution in [-0.2, 0) is 4.74 Å². The van der Waals surface area contributed by atoms with E-state index in [1.54, 1.807) is 4.68 Å². The number of aromatic nitrogens is 4. The SMILES string of the molecule is Cc1sc(-n2cnnn2)c(C(=O)NCCCN2CCOCC2)c1C. The average Bonchev–Trinajstić information content (AvgIpc) is 3.21. The molecule has 0 radical (unpaired) electrons. The first-order valence-corrected chi connectivity index (χ1v) is 8.90. The minimum atomic E-state index is -0.0654. The van der Waals surface area contributed by atoms with Crippen LogP contribution in [0.2, 0.25) is 0 Å². The Kier molecular flexibility index (Phi) is 5.54. The predicted octanol–water partition coefficient (Wildman–Crippen LogP) is 0.793. The van der Waals surface area contributed by atoms with Gasteiger partial charge >= 0.3 is 0 Å². The summed E-state index contributed by atoms with van der Waals surface area (Å²) in [5.74, 6) is -0.0654. The van der Waals surface area contributed by atoms with E-state index in [1.807, 2.05) is 13.8 Å². The number of morpholine rings is 1. The van der Waals surface area contributed by atoms with Crippen molar-refractivity contribution in [3.8, 4) is 5.00 Å². The van der Waals surface area contributed by atoms with Crippen molar-refractivity contribution in [2.75, 3.05) is 39.4 Å². The van der Waals surface area contributed by atoms with Crippen LogP contribution in [0.15, 0.2) is 6.33 Å². The van der Waals surface area contributed by atoms with Crippen molar-refractivity contribution in [2.24, 2.45) is 0 Å². The summed E-state index contributed by atoms with van der Waals surface area (Å²) in [6.45, 7) is 9.14. The van der Waals surface area contributed by atoms with Crippen LogP contribution in [0.1, 0.15) is 27.2 Å². The number of carbonyl (C=O) groups is 1. The van der Waals surface area contributed by atoms with Crippen LogP contribution >= 0.6 is 11.3 Å². The monoisotopic (exact) mass is 350 g/mol. The third-order valence-electron chi connectivity index (χ3n) is 4.19. The Morgan fingerprint density at radius 1 is 1.38 bits per heavy atom. The van der Waals surface area contributed by atoms with Gasteiger partial charge in [0.15, 0.2) is 0 Å². The number of carbonyl (C=O) groups excluding carboxylic acids is 1. The van der Waals surface area contributed by atoms with Crippen molar-refractivity contribution in [3.63, 3.8) is 0 Å². The van der Waals surface area contributed by atoms with E-state index in [0.29, 0.717) is 12.1 Å². The topological polar surface area (TPSA) is 85.2 Å². The van der Waals surface area contributed by atoms with Crippen molar-refractivity contribution in [1.82, 2.24) is 30.4 Å². The highest BCUT2D eigenvalue weighted by atomic mass is 32.1. The molecule has 0 bridgehead atoms. The average molecular weight is 350 g/mol. The Labute approximate surface area is 144 Å². The van der Waals surface area contributed by atoms with Gasteiger partial charge in [-0.2, -0.15) is 4.68 Å². The number of thiophene rings is 1. The van der Waals surface area contributed by atoms with Gasteiger partial charge in [0.05, 0.1) is 18.8 Å². The fourth-order valence-electron chi connectivity index (χ4n) is 2.71. The highest BCUT2D eigenvalue weighted by Crippen LogP contribution is 2.29. The minimum absolute atomic E-state index is 0.0654. The molecule has 1 aliphatic rings. The molecule has 24 heavy (non-hydrogen) atoms. The van der Waals surface area contributed by atoms with Crippen LogP contribution in [-0.4, -0.2) is 70.4 Å². The number of ether oxygens (including phenoxy) is 1. The van der Waals surface area contributed by atoms with Crippen LogP contribution in [0.5, 0.6) is 0 Å². The van der Waals surface area contributed by atoms with Gasteiger partial charge in [-0.05, 0) is 42.8 Å². The maximum Gasteiger partial charge on any atom is 0.254 e. The van der Waals surface area contributed by atoms with Crippen LogP contribution in [0.3, 0.4) is 0 Å². The van der Waals surface area contributed by atoms with Crippen LogP contribution < -0.4 is 5.32 Å². The lowest BCUT2D eigenvalue weighted by Gasteiger charge is -2.26. The number of nitrogens with one attached hydrogen (secondary N) is 1. The Hall–Kier alpha value is -1.84. The number of tetrazole rings is 1. The summed E-state index contributed by atoms with van der Waals surface area (Å²) in [4.78, 5) is 16.1. The Balaban J connectivity index is 1.58. The molecule has 130 valence electrons. The van der Waals surface area contributed by atoms with Crippen molar-refractivity contribution in [2.45, 2.75) is 20.3 Å². The Morgan fingerprint density at radius 3 is 2.88 bits per heavy atom. The number of rotatable bonds is 6. The first-order chi connectivity index (χ1) is 11.7. The Bertz CT molecular complexity index is 678. The number of nitrogens with zero attached hydrogens (tertiary/aromatic N) is 5. The molecule has 0 unspecified atom stereocenters. The molecule has 3 rings (SSSR count). The molecule has 1 aliphatic heterocycles. The fraction of sp³-hybridized carbons (Fsp3) is 0.600. The van der Waals surface area contributed by atoms with Gasteiger partial charge < -0.3 is 10.1 Å². The van der Waals surface area contributed by atoms with E-state index in [4.69, 9.17) is 4.74 Å². The van der Waals surface area contributed by atoms with Crippen LogP contribution in [0.25, 0.3) is 5.00 Å². The van der Waals surface area contributed by atoms with Gasteiger partial charge in [-0.3, -0.25) is 9.69 Å². The standard InChI is InChI=1S/C15H22N6O2S/c1-11-12(2)24-15(21-10-17-18-19-21)13(11)14(22)16-4-3-5-20-6-8-23-9-7-20/h10H,3-9H2,1-2H3,(H,16,22). The normalized spacial score (nSPS) is 15.6. The van der Waals surface area contributed by atoms with E-state index in [9.17, 15) is 4.79 Å². The first kappa shape index (κ1) is 17.0. The van der Waals surface area contributed by atoms with E-state index in [-0.39, 0.29) is 5.91 Å². The third-order valence-corrected chi connectivity index (χ3v) is 5.39. The zero-order valence-corrected chi connectivity index (χ0v) is 14.8. The molecule has 0 aromatic carbocycles. The number of aryl methyl sites for hydroxylation is 1. The van der Waals surface area contributed by atoms with Crippen molar-refractivity contribution in [1.29, 1.82) is 0 Å². The van der Waals surface area contributed by atoms with E-state index in [1.165, 1.54) is 17.7 Å². The van der Waals surface area contributed by atoms with Crippen molar-refractivity contribution in [3.05, 3.63) is 22.3 Å². The summed E-state index contributed by atoms with van der Waals surface area (Å²) in [7, 11) is 0. The van der Waals surface area contributed by atoms with Gasteiger partial charge in [-0.1, -0.05) is 0 Å². The van der Waals surface area contributed by atoms with Gasteiger partial charge in [0.25, 0.3) is 5.91 Å². The van der Waals surface area contributed by atoms with Gasteiger partial charge in [-0.15, -0.1) is 16.4 Å². The smallest absolute Gasteiger partial charge is 0.254 e. The van der Waals surface area contributed by atoms with Gasteiger partial charge in [0.2, 0.25) is 0 Å². The summed E-state index contributed by atoms with van der Waals surface area (Å²) < 4.78 is 6.89. The quantitative estimate of drug-likeness (QED) is 0.776. The summed E-state index contributed by atoms with van der Waals surface area (Å²) in [6.07, 6.45) is 2.44. The van der Waals surface area contributed by atoms with Gasteiger partial charge in [0, 0.05) is 24.5 Å². The second kappa shape index (κ2) is 7.82. The number of amides is 1. The predicted molar refractivity (Wildman–Crippen MR) is 90.7 cm³/mol. The van der Waals surface area contributed by atoms with Crippen LogP contribution in [0.4, 0.5) is 0 Å². The first-order valence-electron chi connectivity index (χ1n) is 8.08. The summed E-state index contributed by atoms with van der Waals surface area (Å²) in [5.41, 5.74) is 1.65. The minimum Gasteiger partial charge on any atom is -0.379 e. The lowest BCUT2D eigenvalue weighted by atomic mass is 10.1. The van der Waals surface area contributed by atoms with Gasteiger partial charge in [0.1, 0.15) is 11.3 Å². The molecule has 9 heteroatoms. The van der Waals surface area contributed by atoms with E-state index in [2.05, 4.69) is 25.7 Å². The zero-order valence-electron chi connectivity index (χ0n) is 14.0. The maximum atomic E-state index is 12.6. The molecule has 0 aliphatic carbocycles. The lowest BCUT2D eigenvalue weighted by molar-refractivity contribution is 0.0374. The molecule has 1 saturated heterocycles. The molecule has 1 N–H and O–H groups in total. The summed E-state index contributed by atoms with van der Waals surface area (Å²) in [5, 5.41) is 15.0. The zero-order chi connectivity index (χ0) is 16.9. The second-order valence-electron chi connectivity index (χ2n) is 5.78. The van der Waals surface area contributed by atoms with Crippen LogP contribution in [0, 0.1) is 13.8 Å². The third kappa shape index (κ3) is 3.80. The lowest BCUT2D eigenvalue weighted by Crippen LogP contribution is -2.38. The maximum absolute atomic E-state index is 12.6. The summed E-state index contributed by atoms with van der Waals surface area (Å²) >= 11 is 1.53. The highest BCUT2D eigenvalue weighted by Gasteiger charge is 2.21. The molecule has 2 aromatic heterocycles. The molecule has 0 saturated carbocycles. The second-order valence-corrected chi connectivity index (χ2v) is 6.98. The molecule has 0 atom stereocenters. The molecule has 1 fully saturated rings. The van der Waals surface area contributed by atoms with E-state index in [0.717, 1.165) is 54.7 Å². The molecular formula is C15H22N6O2S. The molecular weight excluding hydrogens is 328 g/mol. The number of hydrogen-bond acceptors (Lipinski definition) is 7.